The molecule has 0 bridgehead atoms. The average Bonchev–Trinajstić information content (AvgIpc) is 2.49. The van der Waals surface area contributed by atoms with E-state index in [0.717, 1.165) is 12.0 Å². The summed E-state index contributed by atoms with van der Waals surface area (Å²) in [5, 5.41) is 8.25. The molecule has 1 aliphatic rings. The molecule has 0 aromatic heterocycles. The van der Waals surface area contributed by atoms with E-state index in [-0.39, 0.29) is 11.9 Å². The van der Waals surface area contributed by atoms with Crippen molar-refractivity contribution in [3.63, 3.8) is 0 Å². The standard InChI is InChI=1S/C16H15N3O2/c20-15-14-10-13(7-6-11(14)8-9-17-15)19-16(21)18-12-4-2-1-3-5-12/h1-7,10H,8-9H2,(H,17,20)(H2,18,19,21). The summed E-state index contributed by atoms with van der Waals surface area (Å²) < 4.78 is 0. The van der Waals surface area contributed by atoms with Gasteiger partial charge in [0, 0.05) is 23.5 Å². The molecule has 0 spiro atoms. The van der Waals surface area contributed by atoms with Crippen LogP contribution in [0.25, 0.3) is 0 Å². The van der Waals surface area contributed by atoms with Crippen molar-refractivity contribution in [2.75, 3.05) is 17.2 Å². The fourth-order valence-electron chi connectivity index (χ4n) is 2.30. The van der Waals surface area contributed by atoms with Gasteiger partial charge < -0.3 is 16.0 Å². The van der Waals surface area contributed by atoms with E-state index in [0.29, 0.717) is 23.5 Å². The lowest BCUT2D eigenvalue weighted by molar-refractivity contribution is 0.0946. The topological polar surface area (TPSA) is 70.2 Å². The molecule has 106 valence electrons. The fraction of sp³-hybridized carbons (Fsp3) is 0.125. The van der Waals surface area contributed by atoms with Gasteiger partial charge in [0.15, 0.2) is 0 Å². The van der Waals surface area contributed by atoms with Crippen LogP contribution in [0.5, 0.6) is 0 Å². The molecule has 1 aliphatic heterocycles. The zero-order chi connectivity index (χ0) is 14.7. The SMILES string of the molecule is O=C(Nc1ccccc1)Nc1ccc2c(c1)C(=O)NCC2. The van der Waals surface area contributed by atoms with Gasteiger partial charge in [-0.05, 0) is 36.2 Å². The Balaban J connectivity index is 1.72. The summed E-state index contributed by atoms with van der Waals surface area (Å²) in [5.41, 5.74) is 2.94. The van der Waals surface area contributed by atoms with Crippen LogP contribution < -0.4 is 16.0 Å². The molecule has 2 aromatic carbocycles. The Bertz CT molecular complexity index is 683. The van der Waals surface area contributed by atoms with Crippen molar-refractivity contribution < 1.29 is 9.59 Å². The number of nitrogens with one attached hydrogen (secondary N) is 3. The van der Waals surface area contributed by atoms with E-state index in [1.807, 2.05) is 30.3 Å². The van der Waals surface area contributed by atoms with Crippen LogP contribution in [0, 0.1) is 0 Å². The van der Waals surface area contributed by atoms with Crippen molar-refractivity contribution in [2.45, 2.75) is 6.42 Å². The third kappa shape index (κ3) is 3.02. The molecule has 0 radical (unpaired) electrons. The molecule has 3 amide bonds. The zero-order valence-electron chi connectivity index (χ0n) is 11.3. The number of hydrogen-bond acceptors (Lipinski definition) is 2. The first kappa shape index (κ1) is 13.2. The molecule has 0 fully saturated rings. The van der Waals surface area contributed by atoms with Gasteiger partial charge in [0.2, 0.25) is 0 Å². The van der Waals surface area contributed by atoms with Gasteiger partial charge in [-0.3, -0.25) is 4.79 Å². The van der Waals surface area contributed by atoms with Crippen LogP contribution in [0.15, 0.2) is 48.5 Å². The predicted octanol–water partition coefficient (Wildman–Crippen LogP) is 2.62. The molecular formula is C16H15N3O2. The molecule has 5 heteroatoms. The number of carbonyl (C=O) groups excluding carboxylic acids is 2. The van der Waals surface area contributed by atoms with Crippen LogP contribution in [0.4, 0.5) is 16.2 Å². The third-order valence-electron chi connectivity index (χ3n) is 3.32. The number of anilines is 2. The number of para-hydroxylation sites is 1. The Kier molecular flexibility index (Phi) is 3.55. The van der Waals surface area contributed by atoms with Crippen LogP contribution in [-0.4, -0.2) is 18.5 Å². The number of amides is 3. The Morgan fingerprint density at radius 3 is 2.57 bits per heavy atom. The summed E-state index contributed by atoms with van der Waals surface area (Å²) in [7, 11) is 0. The van der Waals surface area contributed by atoms with Gasteiger partial charge in [-0.15, -0.1) is 0 Å². The maximum Gasteiger partial charge on any atom is 0.323 e. The average molecular weight is 281 g/mol. The molecule has 5 nitrogen and oxygen atoms in total. The first-order valence-electron chi connectivity index (χ1n) is 6.76. The van der Waals surface area contributed by atoms with Crippen molar-refractivity contribution in [1.82, 2.24) is 5.32 Å². The summed E-state index contributed by atoms with van der Waals surface area (Å²) in [6.45, 7) is 0.660. The van der Waals surface area contributed by atoms with E-state index >= 15 is 0 Å². The minimum Gasteiger partial charge on any atom is -0.352 e. The summed E-state index contributed by atoms with van der Waals surface area (Å²) in [6, 6.07) is 14.2. The molecule has 0 aliphatic carbocycles. The van der Waals surface area contributed by atoms with Crippen molar-refractivity contribution in [2.24, 2.45) is 0 Å². The monoisotopic (exact) mass is 281 g/mol. The quantitative estimate of drug-likeness (QED) is 0.792. The van der Waals surface area contributed by atoms with Gasteiger partial charge in [0.05, 0.1) is 0 Å². The molecule has 0 atom stereocenters. The summed E-state index contributed by atoms with van der Waals surface area (Å²) >= 11 is 0. The van der Waals surface area contributed by atoms with Crippen LogP contribution >= 0.6 is 0 Å². The van der Waals surface area contributed by atoms with Gasteiger partial charge in [-0.1, -0.05) is 24.3 Å². The highest BCUT2D eigenvalue weighted by Gasteiger charge is 2.17. The Labute approximate surface area is 122 Å². The van der Waals surface area contributed by atoms with E-state index in [9.17, 15) is 9.59 Å². The minimum atomic E-state index is -0.336. The van der Waals surface area contributed by atoms with Crippen molar-refractivity contribution in [3.05, 3.63) is 59.7 Å². The molecule has 1 heterocycles. The Morgan fingerprint density at radius 2 is 1.76 bits per heavy atom. The van der Waals surface area contributed by atoms with Crippen LogP contribution in [0.2, 0.25) is 0 Å². The largest absolute Gasteiger partial charge is 0.352 e. The van der Waals surface area contributed by atoms with E-state index in [4.69, 9.17) is 0 Å². The summed E-state index contributed by atoms with van der Waals surface area (Å²) in [4.78, 5) is 23.7. The summed E-state index contributed by atoms with van der Waals surface area (Å²) in [6.07, 6.45) is 0.817. The highest BCUT2D eigenvalue weighted by molar-refractivity contribution is 6.02. The predicted molar refractivity (Wildman–Crippen MR) is 81.6 cm³/mol. The summed E-state index contributed by atoms with van der Waals surface area (Å²) in [5.74, 6) is -0.0941. The van der Waals surface area contributed by atoms with Crippen molar-refractivity contribution >= 4 is 23.3 Å². The van der Waals surface area contributed by atoms with Gasteiger partial charge in [-0.2, -0.15) is 0 Å². The van der Waals surface area contributed by atoms with E-state index in [1.54, 1.807) is 18.2 Å². The number of rotatable bonds is 2. The second-order valence-corrected chi connectivity index (χ2v) is 4.82. The minimum absolute atomic E-state index is 0.0941. The van der Waals surface area contributed by atoms with Gasteiger partial charge in [0.1, 0.15) is 0 Å². The molecule has 0 saturated carbocycles. The molecular weight excluding hydrogens is 266 g/mol. The number of fused-ring (bicyclic) bond motifs is 1. The maximum absolute atomic E-state index is 11.9. The normalized spacial score (nSPS) is 13.0. The smallest absolute Gasteiger partial charge is 0.323 e. The number of urea groups is 1. The maximum atomic E-state index is 11.9. The lowest BCUT2D eigenvalue weighted by atomic mass is 10.00. The van der Waals surface area contributed by atoms with Crippen LogP contribution in [0.3, 0.4) is 0 Å². The van der Waals surface area contributed by atoms with Gasteiger partial charge in [0.25, 0.3) is 5.91 Å². The van der Waals surface area contributed by atoms with Gasteiger partial charge in [-0.25, -0.2) is 4.79 Å². The first-order chi connectivity index (χ1) is 10.2. The highest BCUT2D eigenvalue weighted by Crippen LogP contribution is 2.19. The Hall–Kier alpha value is -2.82. The molecule has 3 N–H and O–H groups in total. The number of carbonyl (C=O) groups is 2. The van der Waals surface area contributed by atoms with Crippen molar-refractivity contribution in [1.29, 1.82) is 0 Å². The van der Waals surface area contributed by atoms with Crippen LogP contribution in [0.1, 0.15) is 15.9 Å². The number of benzene rings is 2. The number of hydrogen-bond donors (Lipinski definition) is 3. The highest BCUT2D eigenvalue weighted by atomic mass is 16.2. The van der Waals surface area contributed by atoms with Gasteiger partial charge >= 0.3 is 6.03 Å². The molecule has 3 rings (SSSR count). The first-order valence-corrected chi connectivity index (χ1v) is 6.76. The fourth-order valence-corrected chi connectivity index (χ4v) is 2.30. The van der Waals surface area contributed by atoms with E-state index < -0.39 is 0 Å². The van der Waals surface area contributed by atoms with Crippen molar-refractivity contribution in [3.8, 4) is 0 Å². The molecule has 0 unspecified atom stereocenters. The van der Waals surface area contributed by atoms with E-state index in [1.165, 1.54) is 0 Å². The second kappa shape index (κ2) is 5.66. The molecule has 0 saturated heterocycles. The lowest BCUT2D eigenvalue weighted by Crippen LogP contribution is -2.32. The second-order valence-electron chi connectivity index (χ2n) is 4.82. The third-order valence-corrected chi connectivity index (χ3v) is 3.32. The Morgan fingerprint density at radius 1 is 1.00 bits per heavy atom. The zero-order valence-corrected chi connectivity index (χ0v) is 11.3. The molecule has 2 aromatic rings. The molecule has 21 heavy (non-hydrogen) atoms. The van der Waals surface area contributed by atoms with Crippen LogP contribution in [-0.2, 0) is 6.42 Å². The van der Waals surface area contributed by atoms with E-state index in [2.05, 4.69) is 16.0 Å². The lowest BCUT2D eigenvalue weighted by Gasteiger charge is -2.17.